The highest BCUT2D eigenvalue weighted by atomic mass is 127. The van der Waals surface area contributed by atoms with Crippen LogP contribution in [0.4, 0.5) is 13.2 Å². The molecule has 2 nitrogen and oxygen atoms in total. The van der Waals surface area contributed by atoms with Gasteiger partial charge in [-0.25, -0.2) is 4.68 Å². The molecule has 0 radical (unpaired) electrons. The van der Waals surface area contributed by atoms with Crippen molar-refractivity contribution in [3.63, 3.8) is 0 Å². The quantitative estimate of drug-likeness (QED) is 0.438. The zero-order valence-corrected chi connectivity index (χ0v) is 14.1. The Balaban J connectivity index is 2.13. The van der Waals surface area contributed by atoms with Crippen LogP contribution in [0.5, 0.6) is 0 Å². The van der Waals surface area contributed by atoms with Crippen LogP contribution >= 0.6 is 38.5 Å². The molecular weight excluding hydrogens is 460 g/mol. The van der Waals surface area contributed by atoms with Gasteiger partial charge < -0.3 is 0 Å². The number of halogens is 5. The molecule has 3 rings (SSSR count). The summed E-state index contributed by atoms with van der Waals surface area (Å²) in [6.45, 7) is 0. The Bertz CT molecular complexity index is 809. The lowest BCUT2D eigenvalue weighted by Crippen LogP contribution is -2.05. The summed E-state index contributed by atoms with van der Waals surface area (Å²) in [5.41, 5.74) is 0.778. The number of aromatic nitrogens is 2. The first kappa shape index (κ1) is 14.8. The van der Waals surface area contributed by atoms with E-state index in [4.69, 9.17) is 0 Å². The van der Waals surface area contributed by atoms with Gasteiger partial charge in [-0.15, -0.1) is 0 Å². The van der Waals surface area contributed by atoms with Crippen LogP contribution in [0.25, 0.3) is 16.6 Å². The summed E-state index contributed by atoms with van der Waals surface area (Å²) in [7, 11) is 0. The summed E-state index contributed by atoms with van der Waals surface area (Å²) in [6, 6.07) is 10.7. The van der Waals surface area contributed by atoms with Gasteiger partial charge in [0.05, 0.1) is 16.8 Å². The summed E-state index contributed by atoms with van der Waals surface area (Å²) in [5, 5.41) is 5.34. The minimum Gasteiger partial charge on any atom is -0.232 e. The standard InChI is InChI=1S/C14H7BrF3IN2/c15-9-3-6-12-11(7-9)13(19)20-21(12)10-4-1-8(2-5-10)14(16,17)18/h1-7H. The third-order valence-electron chi connectivity index (χ3n) is 3.04. The van der Waals surface area contributed by atoms with Crippen LogP contribution in [0.2, 0.25) is 0 Å². The van der Waals surface area contributed by atoms with Gasteiger partial charge in [0.1, 0.15) is 3.70 Å². The maximum Gasteiger partial charge on any atom is 0.416 e. The van der Waals surface area contributed by atoms with Crippen molar-refractivity contribution < 1.29 is 13.2 Å². The van der Waals surface area contributed by atoms with Crippen LogP contribution in [0.15, 0.2) is 46.9 Å². The Kier molecular flexibility index (Phi) is 3.73. The summed E-state index contributed by atoms with van der Waals surface area (Å²) in [5.74, 6) is 0. The van der Waals surface area contributed by atoms with Crippen molar-refractivity contribution in [2.75, 3.05) is 0 Å². The second kappa shape index (κ2) is 5.28. The molecule has 0 saturated carbocycles. The number of nitrogens with zero attached hydrogens (tertiary/aromatic N) is 2. The van der Waals surface area contributed by atoms with Gasteiger partial charge in [0, 0.05) is 9.86 Å². The molecule has 0 aliphatic rings. The van der Waals surface area contributed by atoms with E-state index in [1.165, 1.54) is 12.1 Å². The number of hydrogen-bond donors (Lipinski definition) is 0. The van der Waals surface area contributed by atoms with Crippen LogP contribution in [-0.4, -0.2) is 9.78 Å². The second-order valence-corrected chi connectivity index (χ2v) is 6.35. The first-order chi connectivity index (χ1) is 9.86. The van der Waals surface area contributed by atoms with Crippen LogP contribution in [-0.2, 0) is 6.18 Å². The molecule has 0 saturated heterocycles. The third kappa shape index (κ3) is 2.80. The molecule has 0 atom stereocenters. The molecule has 0 N–H and O–H groups in total. The number of benzene rings is 2. The van der Waals surface area contributed by atoms with Gasteiger partial charge in [0.25, 0.3) is 0 Å². The van der Waals surface area contributed by atoms with Crippen molar-refractivity contribution in [3.05, 3.63) is 56.2 Å². The SMILES string of the molecule is FC(F)(F)c1ccc(-n2nc(I)c3cc(Br)ccc32)cc1. The molecule has 1 heterocycles. The predicted octanol–water partition coefficient (Wildman–Crippen LogP) is 5.41. The number of alkyl halides is 3. The zero-order valence-electron chi connectivity index (χ0n) is 10.3. The van der Waals surface area contributed by atoms with Gasteiger partial charge in [-0.1, -0.05) is 15.9 Å². The highest BCUT2D eigenvalue weighted by Gasteiger charge is 2.30. The molecule has 21 heavy (non-hydrogen) atoms. The molecule has 3 aromatic rings. The molecule has 0 aliphatic carbocycles. The van der Waals surface area contributed by atoms with Gasteiger partial charge in [-0.3, -0.25) is 0 Å². The average Bonchev–Trinajstić information content (AvgIpc) is 2.75. The molecule has 108 valence electrons. The predicted molar refractivity (Wildman–Crippen MR) is 86.5 cm³/mol. The van der Waals surface area contributed by atoms with Gasteiger partial charge in [0.2, 0.25) is 0 Å². The Hall–Kier alpha value is -1.09. The summed E-state index contributed by atoms with van der Waals surface area (Å²) in [4.78, 5) is 0. The fourth-order valence-corrected chi connectivity index (χ4v) is 3.05. The molecular formula is C14H7BrF3IN2. The molecule has 0 fully saturated rings. The number of hydrogen-bond acceptors (Lipinski definition) is 1. The molecule has 0 aliphatic heterocycles. The maximum atomic E-state index is 12.6. The average molecular weight is 467 g/mol. The Labute approximate surface area is 140 Å². The molecule has 7 heteroatoms. The summed E-state index contributed by atoms with van der Waals surface area (Å²) in [6.07, 6.45) is -4.33. The summed E-state index contributed by atoms with van der Waals surface area (Å²) >= 11 is 5.51. The normalized spacial score (nSPS) is 12.0. The Morgan fingerprint density at radius 1 is 1.05 bits per heavy atom. The zero-order chi connectivity index (χ0) is 15.2. The number of fused-ring (bicyclic) bond motifs is 1. The number of rotatable bonds is 1. The summed E-state index contributed by atoms with van der Waals surface area (Å²) < 4.78 is 41.2. The van der Waals surface area contributed by atoms with Gasteiger partial charge >= 0.3 is 6.18 Å². The smallest absolute Gasteiger partial charge is 0.232 e. The lowest BCUT2D eigenvalue weighted by molar-refractivity contribution is -0.137. The molecule has 0 spiro atoms. The van der Waals surface area contributed by atoms with Crippen LogP contribution in [0.3, 0.4) is 0 Å². The minimum atomic E-state index is -4.33. The van der Waals surface area contributed by atoms with Crippen LogP contribution < -0.4 is 0 Å². The van der Waals surface area contributed by atoms with E-state index in [1.807, 2.05) is 18.2 Å². The van der Waals surface area contributed by atoms with E-state index in [9.17, 15) is 13.2 Å². The van der Waals surface area contributed by atoms with Gasteiger partial charge in [0.15, 0.2) is 0 Å². The van der Waals surface area contributed by atoms with Gasteiger partial charge in [-0.05, 0) is 65.1 Å². The topological polar surface area (TPSA) is 17.8 Å². The highest BCUT2D eigenvalue weighted by Crippen LogP contribution is 2.31. The van der Waals surface area contributed by atoms with Crippen LogP contribution in [0.1, 0.15) is 5.56 Å². The third-order valence-corrected chi connectivity index (χ3v) is 4.33. The lowest BCUT2D eigenvalue weighted by atomic mass is 10.2. The molecule has 0 unspecified atom stereocenters. The van der Waals surface area contributed by atoms with Crippen molar-refractivity contribution in [1.82, 2.24) is 9.78 Å². The van der Waals surface area contributed by atoms with E-state index >= 15 is 0 Å². The largest absolute Gasteiger partial charge is 0.416 e. The fraction of sp³-hybridized carbons (Fsp3) is 0.0714. The van der Waals surface area contributed by atoms with E-state index in [0.717, 1.165) is 31.2 Å². The van der Waals surface area contributed by atoms with Crippen molar-refractivity contribution >= 4 is 49.4 Å². The monoisotopic (exact) mass is 466 g/mol. The van der Waals surface area contributed by atoms with Crippen molar-refractivity contribution in [1.29, 1.82) is 0 Å². The van der Waals surface area contributed by atoms with Crippen molar-refractivity contribution in [2.24, 2.45) is 0 Å². The first-order valence-corrected chi connectivity index (χ1v) is 7.75. The van der Waals surface area contributed by atoms with Crippen LogP contribution in [0, 0.1) is 3.70 Å². The van der Waals surface area contributed by atoms with E-state index in [0.29, 0.717) is 5.69 Å². The van der Waals surface area contributed by atoms with Gasteiger partial charge in [-0.2, -0.15) is 18.3 Å². The van der Waals surface area contributed by atoms with E-state index in [2.05, 4.69) is 43.6 Å². The Morgan fingerprint density at radius 3 is 2.33 bits per heavy atom. The van der Waals surface area contributed by atoms with Crippen molar-refractivity contribution in [2.45, 2.75) is 6.18 Å². The van der Waals surface area contributed by atoms with E-state index in [1.54, 1.807) is 4.68 Å². The molecule has 0 bridgehead atoms. The highest BCUT2D eigenvalue weighted by molar-refractivity contribution is 14.1. The van der Waals surface area contributed by atoms with E-state index < -0.39 is 11.7 Å². The maximum absolute atomic E-state index is 12.6. The molecule has 2 aromatic carbocycles. The minimum absolute atomic E-state index is 0.596. The fourth-order valence-electron chi connectivity index (χ4n) is 2.04. The first-order valence-electron chi connectivity index (χ1n) is 5.88. The van der Waals surface area contributed by atoms with E-state index in [-0.39, 0.29) is 0 Å². The molecule has 0 amide bonds. The second-order valence-electron chi connectivity index (χ2n) is 4.41. The molecule has 1 aromatic heterocycles. The Morgan fingerprint density at radius 2 is 1.71 bits per heavy atom. The van der Waals surface area contributed by atoms with Crippen molar-refractivity contribution in [3.8, 4) is 5.69 Å². The lowest BCUT2D eigenvalue weighted by Gasteiger charge is -2.08.